The summed E-state index contributed by atoms with van der Waals surface area (Å²) < 4.78 is 41.1. The van der Waals surface area contributed by atoms with E-state index in [0.717, 1.165) is 24.5 Å². The smallest absolute Gasteiger partial charge is 0.422 e. The van der Waals surface area contributed by atoms with E-state index in [1.807, 2.05) is 12.1 Å². The predicted molar refractivity (Wildman–Crippen MR) is 99.5 cm³/mol. The van der Waals surface area contributed by atoms with Gasteiger partial charge in [-0.25, -0.2) is 4.98 Å². The van der Waals surface area contributed by atoms with Crippen LogP contribution in [0.15, 0.2) is 42.6 Å². The number of carbonyl (C=O) groups is 1. The molecule has 1 N–H and O–H groups in total. The van der Waals surface area contributed by atoms with Crippen molar-refractivity contribution in [2.45, 2.75) is 32.0 Å². The van der Waals surface area contributed by atoms with Gasteiger partial charge < -0.3 is 15.0 Å². The number of alkyl halides is 3. The molecule has 1 saturated heterocycles. The molecule has 5 nitrogen and oxygen atoms in total. The highest BCUT2D eigenvalue weighted by Gasteiger charge is 2.28. The first kappa shape index (κ1) is 20.0. The van der Waals surface area contributed by atoms with Gasteiger partial charge in [0.15, 0.2) is 6.61 Å². The first-order valence-electron chi connectivity index (χ1n) is 9.18. The number of halogens is 3. The lowest BCUT2D eigenvalue weighted by atomic mass is 10.1. The Kier molecular flexibility index (Phi) is 6.38. The van der Waals surface area contributed by atoms with Crippen molar-refractivity contribution in [2.24, 2.45) is 0 Å². The Bertz CT molecular complexity index is 771. The minimum atomic E-state index is -4.40. The maximum absolute atomic E-state index is 12.2. The molecule has 2 aromatic rings. The van der Waals surface area contributed by atoms with Gasteiger partial charge in [-0.2, -0.15) is 13.2 Å². The summed E-state index contributed by atoms with van der Waals surface area (Å²) in [4.78, 5) is 18.9. The molecule has 0 atom stereocenters. The molecule has 1 aromatic heterocycles. The van der Waals surface area contributed by atoms with Crippen LogP contribution in [0.5, 0.6) is 5.75 Å². The highest BCUT2D eigenvalue weighted by Crippen LogP contribution is 2.19. The van der Waals surface area contributed by atoms with Crippen molar-refractivity contribution >= 4 is 11.7 Å². The quantitative estimate of drug-likeness (QED) is 0.808. The highest BCUT2D eigenvalue weighted by molar-refractivity contribution is 5.94. The van der Waals surface area contributed by atoms with Crippen LogP contribution >= 0.6 is 0 Å². The number of carbonyl (C=O) groups excluding carboxylic acids is 1. The van der Waals surface area contributed by atoms with Crippen molar-refractivity contribution in [1.29, 1.82) is 0 Å². The summed E-state index contributed by atoms with van der Waals surface area (Å²) in [5.74, 6) is 0.693. The number of nitrogens with zero attached hydrogens (tertiary/aromatic N) is 2. The van der Waals surface area contributed by atoms with E-state index < -0.39 is 12.8 Å². The first-order chi connectivity index (χ1) is 13.4. The van der Waals surface area contributed by atoms with Crippen LogP contribution in [0.1, 0.15) is 35.2 Å². The molecule has 2 heterocycles. The van der Waals surface area contributed by atoms with Gasteiger partial charge in [-0.1, -0.05) is 6.07 Å². The summed E-state index contributed by atoms with van der Waals surface area (Å²) in [6.45, 7) is 0.995. The summed E-state index contributed by atoms with van der Waals surface area (Å²) in [7, 11) is 0. The third kappa shape index (κ3) is 5.87. The molecular weight excluding hydrogens is 371 g/mol. The van der Waals surface area contributed by atoms with Gasteiger partial charge in [-0.15, -0.1) is 0 Å². The summed E-state index contributed by atoms with van der Waals surface area (Å²) >= 11 is 0. The number of pyridine rings is 1. The average Bonchev–Trinajstić information content (AvgIpc) is 2.71. The molecule has 0 spiro atoms. The van der Waals surface area contributed by atoms with Gasteiger partial charge >= 0.3 is 6.18 Å². The summed E-state index contributed by atoms with van der Waals surface area (Å²) in [6.07, 6.45) is 0.973. The van der Waals surface area contributed by atoms with E-state index in [0.29, 0.717) is 12.1 Å². The van der Waals surface area contributed by atoms with Crippen LogP contribution in [0.2, 0.25) is 0 Å². The lowest BCUT2D eigenvalue weighted by molar-refractivity contribution is -0.153. The van der Waals surface area contributed by atoms with E-state index in [4.69, 9.17) is 0 Å². The van der Waals surface area contributed by atoms with Crippen LogP contribution in [0, 0.1) is 0 Å². The lowest BCUT2D eigenvalue weighted by Crippen LogP contribution is -2.30. The minimum absolute atomic E-state index is 0.0615. The van der Waals surface area contributed by atoms with E-state index in [-0.39, 0.29) is 11.7 Å². The largest absolute Gasteiger partial charge is 0.484 e. The van der Waals surface area contributed by atoms with Gasteiger partial charge in [0, 0.05) is 31.4 Å². The molecule has 0 bridgehead atoms. The maximum Gasteiger partial charge on any atom is 0.422 e. The molecule has 1 fully saturated rings. The molecular formula is C20H22F3N3O2. The molecule has 1 aliphatic heterocycles. The average molecular weight is 393 g/mol. The molecule has 0 saturated carbocycles. The molecule has 1 aromatic carbocycles. The molecule has 0 aliphatic carbocycles. The van der Waals surface area contributed by atoms with Crippen molar-refractivity contribution in [3.63, 3.8) is 0 Å². The van der Waals surface area contributed by atoms with Crippen molar-refractivity contribution in [3.8, 4) is 5.75 Å². The molecule has 150 valence electrons. The number of anilines is 1. The Labute approximate surface area is 161 Å². The van der Waals surface area contributed by atoms with Gasteiger partial charge in [0.05, 0.1) is 0 Å². The van der Waals surface area contributed by atoms with Crippen molar-refractivity contribution in [2.75, 3.05) is 24.6 Å². The molecule has 1 amide bonds. The number of nitrogens with one attached hydrogen (secondary N) is 1. The predicted octanol–water partition coefficient (Wildman–Crippen LogP) is 3.94. The Balaban J connectivity index is 1.49. The molecule has 3 rings (SSSR count). The number of aromatic nitrogens is 1. The third-order valence-corrected chi connectivity index (χ3v) is 4.46. The fraction of sp³-hybridized carbons (Fsp3) is 0.400. The van der Waals surface area contributed by atoms with Crippen LogP contribution in [-0.2, 0) is 6.54 Å². The Morgan fingerprint density at radius 3 is 2.39 bits per heavy atom. The molecule has 0 radical (unpaired) electrons. The third-order valence-electron chi connectivity index (χ3n) is 4.46. The fourth-order valence-electron chi connectivity index (χ4n) is 2.98. The zero-order valence-electron chi connectivity index (χ0n) is 15.3. The van der Waals surface area contributed by atoms with Gasteiger partial charge in [0.1, 0.15) is 11.6 Å². The Morgan fingerprint density at radius 1 is 1.07 bits per heavy atom. The summed E-state index contributed by atoms with van der Waals surface area (Å²) in [5, 5.41) is 2.78. The van der Waals surface area contributed by atoms with Crippen molar-refractivity contribution in [3.05, 3.63) is 53.7 Å². The maximum atomic E-state index is 12.2. The second kappa shape index (κ2) is 8.95. The number of piperidine rings is 1. The van der Waals surface area contributed by atoms with E-state index in [1.54, 1.807) is 6.20 Å². The summed E-state index contributed by atoms with van der Waals surface area (Å²) in [6, 6.07) is 9.44. The van der Waals surface area contributed by atoms with Crippen LogP contribution in [0.25, 0.3) is 0 Å². The van der Waals surface area contributed by atoms with E-state index in [2.05, 4.69) is 19.9 Å². The molecule has 28 heavy (non-hydrogen) atoms. The molecule has 0 unspecified atom stereocenters. The fourth-order valence-corrected chi connectivity index (χ4v) is 2.98. The van der Waals surface area contributed by atoms with Crippen LogP contribution in [-0.4, -0.2) is 36.8 Å². The van der Waals surface area contributed by atoms with Crippen molar-refractivity contribution < 1.29 is 22.7 Å². The SMILES string of the molecule is O=C(NCc1ccc(N2CCCCC2)nc1)c1ccc(OCC(F)(F)F)cc1. The van der Waals surface area contributed by atoms with Gasteiger partial charge in [0.2, 0.25) is 0 Å². The normalized spacial score (nSPS) is 14.6. The number of hydrogen-bond donors (Lipinski definition) is 1. The van der Waals surface area contributed by atoms with Gasteiger partial charge in [0.25, 0.3) is 5.91 Å². The molecule has 8 heteroatoms. The monoisotopic (exact) mass is 393 g/mol. The van der Waals surface area contributed by atoms with Gasteiger partial charge in [-0.05, 0) is 55.2 Å². The zero-order chi connectivity index (χ0) is 20.0. The lowest BCUT2D eigenvalue weighted by Gasteiger charge is -2.27. The topological polar surface area (TPSA) is 54.5 Å². The van der Waals surface area contributed by atoms with Crippen LogP contribution in [0.4, 0.5) is 19.0 Å². The first-order valence-corrected chi connectivity index (χ1v) is 9.18. The molecule has 1 aliphatic rings. The highest BCUT2D eigenvalue weighted by atomic mass is 19.4. The minimum Gasteiger partial charge on any atom is -0.484 e. The zero-order valence-corrected chi connectivity index (χ0v) is 15.3. The Hall–Kier alpha value is -2.77. The standard InChI is InChI=1S/C20H22F3N3O2/c21-20(22,23)14-28-17-7-5-16(6-8-17)19(27)25-13-15-4-9-18(24-12-15)26-10-2-1-3-11-26/h4-9,12H,1-3,10-11,13-14H2,(H,25,27). The second-order valence-corrected chi connectivity index (χ2v) is 6.68. The van der Waals surface area contributed by atoms with Crippen LogP contribution in [0.3, 0.4) is 0 Å². The number of rotatable bonds is 6. The number of amides is 1. The van der Waals surface area contributed by atoms with E-state index in [1.165, 1.54) is 43.5 Å². The van der Waals surface area contributed by atoms with Gasteiger partial charge in [-0.3, -0.25) is 4.79 Å². The Morgan fingerprint density at radius 2 is 1.79 bits per heavy atom. The number of ether oxygens (including phenoxy) is 1. The number of benzene rings is 1. The van der Waals surface area contributed by atoms with Crippen LogP contribution < -0.4 is 15.0 Å². The number of hydrogen-bond acceptors (Lipinski definition) is 4. The second-order valence-electron chi connectivity index (χ2n) is 6.68. The van der Waals surface area contributed by atoms with E-state index >= 15 is 0 Å². The van der Waals surface area contributed by atoms with Crippen molar-refractivity contribution in [1.82, 2.24) is 10.3 Å². The van der Waals surface area contributed by atoms with E-state index in [9.17, 15) is 18.0 Å². The summed E-state index contributed by atoms with van der Waals surface area (Å²) in [5.41, 5.74) is 1.22.